The number of rotatable bonds is 4. The van der Waals surface area contributed by atoms with Crippen LogP contribution >= 0.6 is 0 Å². The standard InChI is InChI=1S/C13H20N6O2/c1-2-11(12(14)17-21)18-5-7-19(8-6-18)13(20)10-9-15-3-4-16-10/h3-4,9,11,21H,2,5-8H2,1H3,(H2,14,17). The van der Waals surface area contributed by atoms with Gasteiger partial charge in [-0.05, 0) is 6.42 Å². The van der Waals surface area contributed by atoms with Gasteiger partial charge in [0.05, 0.1) is 12.2 Å². The highest BCUT2D eigenvalue weighted by molar-refractivity contribution is 5.92. The largest absolute Gasteiger partial charge is 0.409 e. The molecule has 1 aliphatic rings. The van der Waals surface area contributed by atoms with E-state index in [1.54, 1.807) is 4.90 Å². The number of hydrogen-bond donors (Lipinski definition) is 2. The van der Waals surface area contributed by atoms with Crippen molar-refractivity contribution >= 4 is 11.7 Å². The Kier molecular flexibility index (Phi) is 5.04. The lowest BCUT2D eigenvalue weighted by Gasteiger charge is -2.38. The lowest BCUT2D eigenvalue weighted by molar-refractivity contribution is 0.0602. The van der Waals surface area contributed by atoms with Gasteiger partial charge in [0.2, 0.25) is 0 Å². The molecule has 0 aliphatic carbocycles. The van der Waals surface area contributed by atoms with Gasteiger partial charge in [-0.1, -0.05) is 12.1 Å². The third kappa shape index (κ3) is 3.46. The Morgan fingerprint density at radius 2 is 2.14 bits per heavy atom. The zero-order valence-corrected chi connectivity index (χ0v) is 12.0. The van der Waals surface area contributed by atoms with Crippen LogP contribution in [-0.2, 0) is 0 Å². The number of nitrogens with zero attached hydrogens (tertiary/aromatic N) is 5. The molecule has 21 heavy (non-hydrogen) atoms. The van der Waals surface area contributed by atoms with Crippen molar-refractivity contribution in [2.45, 2.75) is 19.4 Å². The zero-order valence-electron chi connectivity index (χ0n) is 12.0. The van der Waals surface area contributed by atoms with Gasteiger partial charge < -0.3 is 15.8 Å². The summed E-state index contributed by atoms with van der Waals surface area (Å²) in [5, 5.41) is 11.9. The fourth-order valence-corrected chi connectivity index (χ4v) is 2.53. The van der Waals surface area contributed by atoms with Crippen molar-refractivity contribution in [2.24, 2.45) is 10.9 Å². The molecular weight excluding hydrogens is 272 g/mol. The van der Waals surface area contributed by atoms with E-state index < -0.39 is 0 Å². The molecule has 8 nitrogen and oxygen atoms in total. The summed E-state index contributed by atoms with van der Waals surface area (Å²) in [4.78, 5) is 24.1. The molecule has 0 aromatic carbocycles. The quantitative estimate of drug-likeness (QED) is 0.343. The monoisotopic (exact) mass is 292 g/mol. The highest BCUT2D eigenvalue weighted by Crippen LogP contribution is 2.11. The van der Waals surface area contributed by atoms with Crippen molar-refractivity contribution in [1.29, 1.82) is 0 Å². The van der Waals surface area contributed by atoms with Gasteiger partial charge in [-0.2, -0.15) is 0 Å². The number of oxime groups is 1. The third-order valence-corrected chi connectivity index (χ3v) is 3.67. The molecule has 0 spiro atoms. The molecule has 2 rings (SSSR count). The molecule has 1 unspecified atom stereocenters. The van der Waals surface area contributed by atoms with Gasteiger partial charge in [0.1, 0.15) is 5.69 Å². The number of hydrogen-bond acceptors (Lipinski definition) is 6. The predicted octanol–water partition coefficient (Wildman–Crippen LogP) is -0.241. The minimum atomic E-state index is -0.111. The maximum Gasteiger partial charge on any atom is 0.274 e. The Labute approximate surface area is 123 Å². The molecule has 2 heterocycles. The highest BCUT2D eigenvalue weighted by Gasteiger charge is 2.28. The lowest BCUT2D eigenvalue weighted by atomic mass is 10.1. The average Bonchev–Trinajstić information content (AvgIpc) is 2.56. The lowest BCUT2D eigenvalue weighted by Crippen LogP contribution is -2.55. The smallest absolute Gasteiger partial charge is 0.274 e. The van der Waals surface area contributed by atoms with E-state index in [9.17, 15) is 4.79 Å². The maximum atomic E-state index is 12.3. The SMILES string of the molecule is CCC(C(N)=NO)N1CCN(C(=O)c2cnccn2)CC1. The molecule has 1 atom stereocenters. The Morgan fingerprint density at radius 1 is 1.43 bits per heavy atom. The van der Waals surface area contributed by atoms with Crippen molar-refractivity contribution in [3.8, 4) is 0 Å². The van der Waals surface area contributed by atoms with E-state index in [1.165, 1.54) is 18.6 Å². The summed E-state index contributed by atoms with van der Waals surface area (Å²) < 4.78 is 0. The highest BCUT2D eigenvalue weighted by atomic mass is 16.4. The first-order valence-corrected chi connectivity index (χ1v) is 6.94. The van der Waals surface area contributed by atoms with Gasteiger partial charge >= 0.3 is 0 Å². The van der Waals surface area contributed by atoms with Crippen LogP contribution in [0.3, 0.4) is 0 Å². The molecule has 0 bridgehead atoms. The first kappa shape index (κ1) is 15.2. The van der Waals surface area contributed by atoms with Gasteiger partial charge in [0.15, 0.2) is 5.84 Å². The van der Waals surface area contributed by atoms with Crippen LogP contribution in [0.5, 0.6) is 0 Å². The Bertz CT molecular complexity index is 499. The summed E-state index contributed by atoms with van der Waals surface area (Å²) in [5.41, 5.74) is 6.06. The first-order valence-electron chi connectivity index (χ1n) is 6.94. The van der Waals surface area contributed by atoms with Crippen molar-refractivity contribution < 1.29 is 10.0 Å². The van der Waals surface area contributed by atoms with E-state index in [4.69, 9.17) is 10.9 Å². The molecule has 1 aromatic rings. The van der Waals surface area contributed by atoms with Gasteiger partial charge in [0, 0.05) is 38.6 Å². The molecule has 1 amide bonds. The average molecular weight is 292 g/mol. The molecule has 1 fully saturated rings. The summed E-state index contributed by atoms with van der Waals surface area (Å²) in [6, 6.07) is -0.0937. The summed E-state index contributed by atoms with van der Waals surface area (Å²) in [6.07, 6.45) is 5.28. The number of amides is 1. The number of carbonyl (C=O) groups is 1. The second-order valence-corrected chi connectivity index (χ2v) is 4.87. The van der Waals surface area contributed by atoms with Crippen LogP contribution in [0.4, 0.5) is 0 Å². The van der Waals surface area contributed by atoms with Gasteiger partial charge in [-0.25, -0.2) is 4.98 Å². The third-order valence-electron chi connectivity index (χ3n) is 3.67. The number of nitrogens with two attached hydrogens (primary N) is 1. The normalized spacial score (nSPS) is 18.5. The van der Waals surface area contributed by atoms with E-state index in [-0.39, 0.29) is 17.8 Å². The Morgan fingerprint density at radius 3 is 2.67 bits per heavy atom. The van der Waals surface area contributed by atoms with Crippen LogP contribution < -0.4 is 5.73 Å². The molecule has 1 aromatic heterocycles. The van der Waals surface area contributed by atoms with E-state index in [0.717, 1.165) is 6.42 Å². The molecule has 1 aliphatic heterocycles. The minimum Gasteiger partial charge on any atom is -0.409 e. The number of carbonyl (C=O) groups excluding carboxylic acids is 1. The Hall–Kier alpha value is -2.22. The molecular formula is C13H20N6O2. The number of amidine groups is 1. The van der Waals surface area contributed by atoms with Crippen LogP contribution in [0.25, 0.3) is 0 Å². The van der Waals surface area contributed by atoms with Crippen LogP contribution in [-0.4, -0.2) is 68.9 Å². The molecule has 8 heteroatoms. The van der Waals surface area contributed by atoms with E-state index in [2.05, 4.69) is 20.0 Å². The summed E-state index contributed by atoms with van der Waals surface area (Å²) in [5.74, 6) is 0.103. The predicted molar refractivity (Wildman–Crippen MR) is 77.0 cm³/mol. The van der Waals surface area contributed by atoms with Crippen LogP contribution in [0.1, 0.15) is 23.8 Å². The molecule has 1 saturated heterocycles. The van der Waals surface area contributed by atoms with E-state index >= 15 is 0 Å². The van der Waals surface area contributed by atoms with Crippen molar-refractivity contribution in [2.75, 3.05) is 26.2 Å². The first-order chi connectivity index (χ1) is 10.2. The molecule has 0 saturated carbocycles. The molecule has 114 valence electrons. The second-order valence-electron chi connectivity index (χ2n) is 4.87. The zero-order chi connectivity index (χ0) is 15.2. The van der Waals surface area contributed by atoms with Crippen LogP contribution in [0, 0.1) is 0 Å². The van der Waals surface area contributed by atoms with E-state index in [0.29, 0.717) is 31.9 Å². The topological polar surface area (TPSA) is 108 Å². The fourth-order valence-electron chi connectivity index (χ4n) is 2.53. The molecule has 0 radical (unpaired) electrons. The van der Waals surface area contributed by atoms with Gasteiger partial charge in [0.25, 0.3) is 5.91 Å². The van der Waals surface area contributed by atoms with E-state index in [1.807, 2.05) is 6.92 Å². The van der Waals surface area contributed by atoms with Gasteiger partial charge in [-0.15, -0.1) is 0 Å². The summed E-state index contributed by atoms with van der Waals surface area (Å²) >= 11 is 0. The summed E-state index contributed by atoms with van der Waals surface area (Å²) in [6.45, 7) is 4.52. The second kappa shape index (κ2) is 6.98. The van der Waals surface area contributed by atoms with Gasteiger partial charge in [-0.3, -0.25) is 14.7 Å². The van der Waals surface area contributed by atoms with Crippen molar-refractivity contribution in [3.05, 3.63) is 24.3 Å². The van der Waals surface area contributed by atoms with Crippen molar-refractivity contribution in [3.63, 3.8) is 0 Å². The number of piperazine rings is 1. The van der Waals surface area contributed by atoms with Crippen molar-refractivity contribution in [1.82, 2.24) is 19.8 Å². The summed E-state index contributed by atoms with van der Waals surface area (Å²) in [7, 11) is 0. The minimum absolute atomic E-state index is 0.0937. The molecule has 3 N–H and O–H groups in total. The maximum absolute atomic E-state index is 12.3. The number of aromatic nitrogens is 2. The van der Waals surface area contributed by atoms with Crippen LogP contribution in [0.2, 0.25) is 0 Å². The Balaban J connectivity index is 1.96. The van der Waals surface area contributed by atoms with Crippen LogP contribution in [0.15, 0.2) is 23.7 Å². The fraction of sp³-hybridized carbons (Fsp3) is 0.538.